The van der Waals surface area contributed by atoms with Crippen LogP contribution in [-0.2, 0) is 10.0 Å². The molecule has 0 aliphatic heterocycles. The van der Waals surface area contributed by atoms with E-state index in [4.69, 9.17) is 14.2 Å². The first-order valence-corrected chi connectivity index (χ1v) is 13.2. The third-order valence-corrected chi connectivity index (χ3v) is 8.27. The van der Waals surface area contributed by atoms with Crippen LogP contribution in [0.15, 0.2) is 76.1 Å². The number of halogens is 1. The first kappa shape index (κ1) is 25.1. The minimum absolute atomic E-state index is 0.114. The number of benzene rings is 3. The fourth-order valence-electron chi connectivity index (χ4n) is 3.83. The highest BCUT2D eigenvalue weighted by Gasteiger charge is 2.30. The lowest BCUT2D eigenvalue weighted by molar-refractivity contribution is 0.264. The number of rotatable bonds is 9. The van der Waals surface area contributed by atoms with E-state index in [1.54, 1.807) is 31.4 Å². The van der Waals surface area contributed by atoms with Gasteiger partial charge in [-0.15, -0.1) is 0 Å². The van der Waals surface area contributed by atoms with E-state index in [1.807, 2.05) is 55.4 Å². The summed E-state index contributed by atoms with van der Waals surface area (Å²) in [5.74, 6) is 1.64. The topological polar surface area (TPSA) is 70.0 Å². The average molecular weight is 559 g/mol. The largest absolute Gasteiger partial charge is 0.497 e. The van der Waals surface area contributed by atoms with Crippen molar-refractivity contribution in [1.29, 1.82) is 0 Å². The predicted molar refractivity (Wildman–Crippen MR) is 141 cm³/mol. The highest BCUT2D eigenvalue weighted by atomic mass is 79.9. The lowest BCUT2D eigenvalue weighted by atomic mass is 10.1. The van der Waals surface area contributed by atoms with Crippen LogP contribution >= 0.6 is 15.9 Å². The number of hydrogen-bond acceptors (Lipinski definition) is 6. The quantitative estimate of drug-likeness (QED) is 0.279. The number of fused-ring (bicyclic) bond motifs is 1. The van der Waals surface area contributed by atoms with Crippen LogP contribution in [0.5, 0.6) is 17.2 Å². The van der Waals surface area contributed by atoms with Crippen molar-refractivity contribution in [3.05, 3.63) is 71.2 Å². The van der Waals surface area contributed by atoms with Gasteiger partial charge in [-0.1, -0.05) is 30.3 Å². The van der Waals surface area contributed by atoms with E-state index in [0.29, 0.717) is 51.5 Å². The molecule has 0 atom stereocenters. The molecule has 3 aromatic carbocycles. The van der Waals surface area contributed by atoms with Gasteiger partial charge in [0.2, 0.25) is 0 Å². The third kappa shape index (κ3) is 4.89. The molecular formula is C26H27BrN2O5S. The van der Waals surface area contributed by atoms with E-state index in [0.717, 1.165) is 5.56 Å². The maximum atomic E-state index is 14.2. The SMILES string of the molecule is COc1ccc(S(=O)(=O)n2c(-c3ccccc3)c(OCCN(C)C)c3cc(OC)ccc32)c(Br)c1. The van der Waals surface area contributed by atoms with Gasteiger partial charge >= 0.3 is 0 Å². The number of hydrogen-bond donors (Lipinski definition) is 0. The highest BCUT2D eigenvalue weighted by Crippen LogP contribution is 2.44. The van der Waals surface area contributed by atoms with Gasteiger partial charge in [0.1, 0.15) is 28.7 Å². The summed E-state index contributed by atoms with van der Waals surface area (Å²) in [6, 6.07) is 19.5. The van der Waals surface area contributed by atoms with Gasteiger partial charge in [-0.3, -0.25) is 0 Å². The molecule has 7 nitrogen and oxygen atoms in total. The van der Waals surface area contributed by atoms with Crippen molar-refractivity contribution in [2.75, 3.05) is 41.5 Å². The molecule has 0 bridgehead atoms. The summed E-state index contributed by atoms with van der Waals surface area (Å²) < 4.78 is 47.2. The minimum atomic E-state index is -4.06. The molecule has 9 heteroatoms. The van der Waals surface area contributed by atoms with Crippen LogP contribution in [0.2, 0.25) is 0 Å². The molecule has 0 N–H and O–H groups in total. The second-order valence-electron chi connectivity index (χ2n) is 8.14. The van der Waals surface area contributed by atoms with Gasteiger partial charge in [0, 0.05) is 22.0 Å². The Morgan fingerprint density at radius 2 is 1.57 bits per heavy atom. The molecular weight excluding hydrogens is 532 g/mol. The summed E-state index contributed by atoms with van der Waals surface area (Å²) in [6.45, 7) is 1.05. The van der Waals surface area contributed by atoms with Crippen molar-refractivity contribution in [1.82, 2.24) is 8.87 Å². The predicted octanol–water partition coefficient (Wildman–Crippen LogP) is 5.27. The summed E-state index contributed by atoms with van der Waals surface area (Å²) in [5.41, 5.74) is 1.67. The number of ether oxygens (including phenoxy) is 3. The van der Waals surface area contributed by atoms with E-state index < -0.39 is 10.0 Å². The Bertz CT molecular complexity index is 1450. The van der Waals surface area contributed by atoms with Crippen molar-refractivity contribution in [3.63, 3.8) is 0 Å². The van der Waals surface area contributed by atoms with Crippen LogP contribution in [0.4, 0.5) is 0 Å². The standard InChI is InChI=1S/C26H27BrN2O5S/c1-28(2)14-15-34-26-21-16-19(32-3)10-12-23(21)29(25(26)18-8-6-5-7-9-18)35(30,31)24-13-11-20(33-4)17-22(24)27/h5-13,16-17H,14-15H2,1-4H3. The molecule has 0 saturated heterocycles. The lowest BCUT2D eigenvalue weighted by Crippen LogP contribution is -2.20. The summed E-state index contributed by atoms with van der Waals surface area (Å²) in [4.78, 5) is 2.12. The van der Waals surface area contributed by atoms with Crippen LogP contribution in [0, 0.1) is 0 Å². The maximum absolute atomic E-state index is 14.2. The van der Waals surface area contributed by atoms with Gasteiger partial charge in [-0.2, -0.15) is 0 Å². The monoisotopic (exact) mass is 558 g/mol. The summed E-state index contributed by atoms with van der Waals surface area (Å²) in [6.07, 6.45) is 0. The second-order valence-corrected chi connectivity index (χ2v) is 10.8. The molecule has 184 valence electrons. The lowest BCUT2D eigenvalue weighted by Gasteiger charge is -2.16. The zero-order valence-corrected chi connectivity index (χ0v) is 22.4. The molecule has 1 heterocycles. The summed E-state index contributed by atoms with van der Waals surface area (Å²) >= 11 is 3.42. The van der Waals surface area contributed by atoms with Crippen molar-refractivity contribution >= 4 is 36.9 Å². The molecule has 0 spiro atoms. The zero-order chi connectivity index (χ0) is 25.2. The molecule has 0 aliphatic rings. The molecule has 4 aromatic rings. The van der Waals surface area contributed by atoms with E-state index in [9.17, 15) is 8.42 Å². The van der Waals surface area contributed by atoms with Crippen molar-refractivity contribution in [2.24, 2.45) is 0 Å². The third-order valence-electron chi connectivity index (χ3n) is 5.57. The van der Waals surface area contributed by atoms with Crippen molar-refractivity contribution < 1.29 is 22.6 Å². The van der Waals surface area contributed by atoms with E-state index >= 15 is 0 Å². The van der Waals surface area contributed by atoms with Crippen LogP contribution in [0.3, 0.4) is 0 Å². The smallest absolute Gasteiger partial charge is 0.269 e. The molecule has 0 aliphatic carbocycles. The van der Waals surface area contributed by atoms with Gasteiger partial charge in [-0.25, -0.2) is 12.4 Å². The van der Waals surface area contributed by atoms with Crippen molar-refractivity contribution in [3.8, 4) is 28.5 Å². The molecule has 0 unspecified atom stereocenters. The van der Waals surface area contributed by atoms with Gasteiger partial charge in [0.15, 0.2) is 5.75 Å². The van der Waals surface area contributed by atoms with Crippen LogP contribution in [0.1, 0.15) is 0 Å². The number of nitrogens with zero attached hydrogens (tertiary/aromatic N) is 2. The van der Waals surface area contributed by atoms with Gasteiger partial charge in [0.05, 0.1) is 19.7 Å². The first-order valence-electron chi connectivity index (χ1n) is 10.9. The van der Waals surface area contributed by atoms with Gasteiger partial charge in [0.25, 0.3) is 10.0 Å². The number of likely N-dealkylation sites (N-methyl/N-ethyl adjacent to an activating group) is 1. The Labute approximate surface area is 214 Å². The van der Waals surface area contributed by atoms with E-state index in [1.165, 1.54) is 17.1 Å². The number of methoxy groups -OCH3 is 2. The summed E-state index contributed by atoms with van der Waals surface area (Å²) in [5, 5.41) is 0.648. The Morgan fingerprint density at radius 1 is 0.914 bits per heavy atom. The normalized spacial score (nSPS) is 11.7. The van der Waals surface area contributed by atoms with Gasteiger partial charge in [-0.05, 0) is 66.4 Å². The maximum Gasteiger partial charge on any atom is 0.269 e. The first-order chi connectivity index (χ1) is 16.8. The van der Waals surface area contributed by atoms with Crippen LogP contribution < -0.4 is 14.2 Å². The molecule has 1 aromatic heterocycles. The Hall–Kier alpha value is -3.01. The van der Waals surface area contributed by atoms with E-state index in [-0.39, 0.29) is 4.90 Å². The van der Waals surface area contributed by atoms with E-state index in [2.05, 4.69) is 15.9 Å². The molecule has 0 saturated carbocycles. The Morgan fingerprint density at radius 3 is 2.20 bits per heavy atom. The Kier molecular flexibility index (Phi) is 7.39. The fourth-order valence-corrected chi connectivity index (χ4v) is 6.39. The van der Waals surface area contributed by atoms with Crippen LogP contribution in [-0.4, -0.2) is 58.8 Å². The molecule has 35 heavy (non-hydrogen) atoms. The minimum Gasteiger partial charge on any atom is -0.497 e. The zero-order valence-electron chi connectivity index (χ0n) is 20.0. The molecule has 4 rings (SSSR count). The molecule has 0 amide bonds. The second kappa shape index (κ2) is 10.3. The molecule has 0 radical (unpaired) electrons. The van der Waals surface area contributed by atoms with Crippen molar-refractivity contribution in [2.45, 2.75) is 4.90 Å². The summed E-state index contributed by atoms with van der Waals surface area (Å²) in [7, 11) is 2.97. The number of aromatic nitrogens is 1. The highest BCUT2D eigenvalue weighted by molar-refractivity contribution is 9.10. The Balaban J connectivity index is 2.06. The van der Waals surface area contributed by atoms with Crippen LogP contribution in [0.25, 0.3) is 22.2 Å². The molecule has 0 fully saturated rings. The average Bonchev–Trinajstić information content (AvgIpc) is 3.18. The van der Waals surface area contributed by atoms with Gasteiger partial charge < -0.3 is 19.1 Å². The fraction of sp³-hybridized carbons (Fsp3) is 0.231.